The number of ketones is 1. The summed E-state index contributed by atoms with van der Waals surface area (Å²) in [5.74, 6) is -0.153. The molecule has 4 aromatic rings. The lowest BCUT2D eigenvalue weighted by Crippen LogP contribution is -2.27. The maximum Gasteiger partial charge on any atom is 0.269 e. The molecule has 39 heavy (non-hydrogen) atoms. The van der Waals surface area contributed by atoms with Gasteiger partial charge >= 0.3 is 0 Å². The van der Waals surface area contributed by atoms with Crippen molar-refractivity contribution in [3.8, 4) is 11.5 Å². The fraction of sp³-hybridized carbons (Fsp3) is 0.103. The van der Waals surface area contributed by atoms with Crippen molar-refractivity contribution in [1.82, 2.24) is 15.6 Å². The van der Waals surface area contributed by atoms with E-state index in [1.807, 2.05) is 18.2 Å². The van der Waals surface area contributed by atoms with E-state index in [9.17, 15) is 22.8 Å². The first-order valence-electron chi connectivity index (χ1n) is 12.0. The predicted molar refractivity (Wildman–Crippen MR) is 142 cm³/mol. The van der Waals surface area contributed by atoms with Crippen molar-refractivity contribution in [2.24, 2.45) is 0 Å². The molecule has 1 aromatic heterocycles. The number of pyridine rings is 1. The third-order valence-corrected chi connectivity index (χ3v) is 8.08. The van der Waals surface area contributed by atoms with Gasteiger partial charge in [0.15, 0.2) is 5.78 Å². The van der Waals surface area contributed by atoms with Crippen molar-refractivity contribution >= 4 is 27.4 Å². The molecule has 0 saturated heterocycles. The van der Waals surface area contributed by atoms with E-state index in [1.54, 1.807) is 24.3 Å². The Hall–Kier alpha value is -4.83. The third kappa shape index (κ3) is 5.14. The van der Waals surface area contributed by atoms with Crippen LogP contribution in [0.15, 0.2) is 94.9 Å². The van der Waals surface area contributed by atoms with Crippen LogP contribution in [0, 0.1) is 0 Å². The fourth-order valence-electron chi connectivity index (χ4n) is 4.28. The Kier molecular flexibility index (Phi) is 6.95. The second kappa shape index (κ2) is 10.5. The molecule has 1 aliphatic heterocycles. The number of amides is 2. The summed E-state index contributed by atoms with van der Waals surface area (Å²) < 4.78 is 32.1. The number of nitrogens with zero attached hydrogens (tertiary/aromatic N) is 1. The number of rotatable bonds is 7. The Balaban J connectivity index is 1.25. The average molecular weight is 542 g/mol. The van der Waals surface area contributed by atoms with E-state index in [2.05, 4.69) is 15.6 Å². The van der Waals surface area contributed by atoms with Crippen molar-refractivity contribution < 1.29 is 27.5 Å². The molecule has 0 unspecified atom stereocenters. The van der Waals surface area contributed by atoms with Gasteiger partial charge in [-0.1, -0.05) is 24.3 Å². The SMILES string of the molecule is CNC(=O)c1cc(Oc2cccc(CCNC(=O)c3ccc4c(c3)S(=O)(=O)c3ccccc3C4=O)c2)ccn1. The number of carbonyl (C=O) groups is 3. The number of nitrogens with one attached hydrogen (secondary N) is 2. The van der Waals surface area contributed by atoms with Gasteiger partial charge in [-0.3, -0.25) is 19.4 Å². The minimum atomic E-state index is -3.93. The van der Waals surface area contributed by atoms with E-state index in [-0.39, 0.29) is 50.4 Å². The fourth-order valence-corrected chi connectivity index (χ4v) is 5.95. The predicted octanol–water partition coefficient (Wildman–Crippen LogP) is 3.58. The number of carbonyl (C=O) groups excluding carboxylic acids is 3. The second-order valence-corrected chi connectivity index (χ2v) is 10.6. The van der Waals surface area contributed by atoms with Gasteiger partial charge in [0, 0.05) is 42.5 Å². The van der Waals surface area contributed by atoms with E-state index >= 15 is 0 Å². The Bertz CT molecular complexity index is 1730. The van der Waals surface area contributed by atoms with Gasteiger partial charge in [-0.25, -0.2) is 8.42 Å². The minimum absolute atomic E-state index is 0.0544. The van der Waals surface area contributed by atoms with Gasteiger partial charge in [-0.15, -0.1) is 0 Å². The summed E-state index contributed by atoms with van der Waals surface area (Å²) in [6, 6.07) is 20.6. The van der Waals surface area contributed by atoms with Gasteiger partial charge in [-0.05, 0) is 60.5 Å². The lowest BCUT2D eigenvalue weighted by atomic mass is 10.0. The summed E-state index contributed by atoms with van der Waals surface area (Å²) in [6.45, 7) is 0.282. The molecule has 0 fully saturated rings. The van der Waals surface area contributed by atoms with E-state index < -0.39 is 15.7 Å². The van der Waals surface area contributed by atoms with Crippen LogP contribution >= 0.6 is 0 Å². The van der Waals surface area contributed by atoms with Crippen LogP contribution in [-0.2, 0) is 16.3 Å². The monoisotopic (exact) mass is 541 g/mol. The number of aromatic nitrogens is 1. The minimum Gasteiger partial charge on any atom is -0.457 e. The van der Waals surface area contributed by atoms with Gasteiger partial charge in [0.25, 0.3) is 11.8 Å². The summed E-state index contributed by atoms with van der Waals surface area (Å²) in [5, 5.41) is 5.31. The molecule has 0 bridgehead atoms. The van der Waals surface area contributed by atoms with Crippen molar-refractivity contribution in [2.75, 3.05) is 13.6 Å². The number of sulfone groups is 1. The molecular weight excluding hydrogens is 518 g/mol. The van der Waals surface area contributed by atoms with Gasteiger partial charge in [0.05, 0.1) is 9.79 Å². The van der Waals surface area contributed by atoms with Crippen LogP contribution in [0.3, 0.4) is 0 Å². The lowest BCUT2D eigenvalue weighted by Gasteiger charge is -2.19. The average Bonchev–Trinajstić information content (AvgIpc) is 2.96. The Morgan fingerprint density at radius 1 is 0.846 bits per heavy atom. The molecule has 1 aliphatic rings. The van der Waals surface area contributed by atoms with Crippen LogP contribution < -0.4 is 15.4 Å². The molecule has 2 heterocycles. The smallest absolute Gasteiger partial charge is 0.269 e. The van der Waals surface area contributed by atoms with Crippen LogP contribution in [0.2, 0.25) is 0 Å². The molecule has 0 radical (unpaired) electrons. The van der Waals surface area contributed by atoms with E-state index in [1.165, 1.54) is 49.6 Å². The Labute approximate surface area is 224 Å². The molecule has 196 valence electrons. The highest BCUT2D eigenvalue weighted by atomic mass is 32.2. The highest BCUT2D eigenvalue weighted by molar-refractivity contribution is 7.91. The zero-order valence-corrected chi connectivity index (χ0v) is 21.6. The van der Waals surface area contributed by atoms with Crippen molar-refractivity contribution in [2.45, 2.75) is 16.2 Å². The zero-order chi connectivity index (χ0) is 27.6. The first-order valence-corrected chi connectivity index (χ1v) is 13.5. The van der Waals surface area contributed by atoms with E-state index in [0.717, 1.165) is 5.56 Å². The van der Waals surface area contributed by atoms with Gasteiger partial charge in [-0.2, -0.15) is 0 Å². The topological polar surface area (TPSA) is 132 Å². The summed E-state index contributed by atoms with van der Waals surface area (Å²) in [6.07, 6.45) is 1.97. The standard InChI is InChI=1S/C29H23N3O6S/c1-30-29(35)24-17-21(12-14-31-24)38-20-6-4-5-18(15-20)11-13-32-28(34)19-9-10-23-26(16-19)39(36,37)25-8-3-2-7-22(25)27(23)33/h2-10,12,14-17H,11,13H2,1H3,(H,30,35)(H,32,34). The summed E-state index contributed by atoms with van der Waals surface area (Å²) >= 11 is 0. The number of fused-ring (bicyclic) bond motifs is 2. The first-order chi connectivity index (χ1) is 18.8. The van der Waals surface area contributed by atoms with Crippen LogP contribution in [0.25, 0.3) is 0 Å². The zero-order valence-electron chi connectivity index (χ0n) is 20.8. The number of hydrogen-bond acceptors (Lipinski definition) is 7. The van der Waals surface area contributed by atoms with Gasteiger partial charge < -0.3 is 15.4 Å². The largest absolute Gasteiger partial charge is 0.457 e. The molecule has 0 aliphatic carbocycles. The van der Waals surface area contributed by atoms with Gasteiger partial charge in [0.2, 0.25) is 9.84 Å². The van der Waals surface area contributed by atoms with Crippen LogP contribution in [0.1, 0.15) is 42.3 Å². The molecule has 0 spiro atoms. The maximum absolute atomic E-state index is 13.1. The Morgan fingerprint density at radius 2 is 1.62 bits per heavy atom. The number of hydrogen-bond donors (Lipinski definition) is 2. The summed E-state index contributed by atoms with van der Waals surface area (Å²) in [4.78, 5) is 41.2. The highest BCUT2D eigenvalue weighted by Gasteiger charge is 2.35. The molecule has 0 atom stereocenters. The lowest BCUT2D eigenvalue weighted by molar-refractivity contribution is 0.0947. The normalized spacial score (nSPS) is 13.1. The summed E-state index contributed by atoms with van der Waals surface area (Å²) in [7, 11) is -2.41. The molecular formula is C29H23N3O6S. The quantitative estimate of drug-likeness (QED) is 0.322. The van der Waals surface area contributed by atoms with Crippen LogP contribution in [0.5, 0.6) is 11.5 Å². The Morgan fingerprint density at radius 3 is 2.44 bits per heavy atom. The molecule has 0 saturated carbocycles. The number of benzene rings is 3. The molecule has 2 N–H and O–H groups in total. The molecule has 9 nitrogen and oxygen atoms in total. The number of ether oxygens (including phenoxy) is 1. The second-order valence-electron chi connectivity index (χ2n) is 8.75. The highest BCUT2D eigenvalue weighted by Crippen LogP contribution is 2.34. The van der Waals surface area contributed by atoms with Crippen LogP contribution in [-0.4, -0.2) is 44.6 Å². The molecule has 5 rings (SSSR count). The van der Waals surface area contributed by atoms with Crippen molar-refractivity contribution in [1.29, 1.82) is 0 Å². The van der Waals surface area contributed by atoms with Gasteiger partial charge in [0.1, 0.15) is 17.2 Å². The molecule has 2 amide bonds. The summed E-state index contributed by atoms with van der Waals surface area (Å²) in [5.41, 5.74) is 1.45. The van der Waals surface area contributed by atoms with Crippen molar-refractivity contribution in [3.63, 3.8) is 0 Å². The maximum atomic E-state index is 13.1. The van der Waals surface area contributed by atoms with E-state index in [4.69, 9.17) is 4.74 Å². The molecule has 10 heteroatoms. The van der Waals surface area contributed by atoms with Crippen LogP contribution in [0.4, 0.5) is 0 Å². The van der Waals surface area contributed by atoms with E-state index in [0.29, 0.717) is 17.9 Å². The molecule has 3 aromatic carbocycles. The first kappa shape index (κ1) is 25.8. The third-order valence-electron chi connectivity index (χ3n) is 6.22. The van der Waals surface area contributed by atoms with Crippen molar-refractivity contribution in [3.05, 3.63) is 113 Å².